The predicted molar refractivity (Wildman–Crippen MR) is 180 cm³/mol. The first-order chi connectivity index (χ1) is 21.8. The molecule has 0 radical (unpaired) electrons. The molecule has 0 bridgehead atoms. The van der Waals surface area contributed by atoms with E-state index in [1.54, 1.807) is 24.3 Å². The lowest BCUT2D eigenvalue weighted by Crippen LogP contribution is -2.20. The SMILES string of the molecule is COc1cc(/C=N/NC(=O)c2ccc(-c3csc(Nc4ccccc4)n3)cc2)cc(Cl)c1OCC(=O)Nc1ccc(C)c(C)c1. The van der Waals surface area contributed by atoms with E-state index < -0.39 is 0 Å². The van der Waals surface area contributed by atoms with Gasteiger partial charge in [0.15, 0.2) is 23.2 Å². The van der Waals surface area contributed by atoms with Crippen LogP contribution in [0.2, 0.25) is 5.02 Å². The molecule has 11 heteroatoms. The van der Waals surface area contributed by atoms with E-state index in [1.165, 1.54) is 24.7 Å². The van der Waals surface area contributed by atoms with Crippen LogP contribution in [0.15, 0.2) is 95.4 Å². The highest BCUT2D eigenvalue weighted by Crippen LogP contribution is 2.36. The fourth-order valence-corrected chi connectivity index (χ4v) is 5.25. The third kappa shape index (κ3) is 8.26. The molecule has 228 valence electrons. The second-order valence-electron chi connectivity index (χ2n) is 9.98. The number of aryl methyl sites for hydroxylation is 2. The monoisotopic (exact) mass is 639 g/mol. The van der Waals surface area contributed by atoms with Crippen molar-refractivity contribution in [1.82, 2.24) is 10.4 Å². The fraction of sp³-hybridized carbons (Fsp3) is 0.118. The topological polar surface area (TPSA) is 114 Å². The Bertz CT molecular complexity index is 1840. The van der Waals surface area contributed by atoms with Gasteiger partial charge >= 0.3 is 0 Å². The van der Waals surface area contributed by atoms with Crippen LogP contribution >= 0.6 is 22.9 Å². The number of thiazole rings is 1. The quantitative estimate of drug-likeness (QED) is 0.101. The maximum Gasteiger partial charge on any atom is 0.271 e. The van der Waals surface area contributed by atoms with Gasteiger partial charge in [-0.1, -0.05) is 48.0 Å². The number of hydrogen-bond donors (Lipinski definition) is 3. The summed E-state index contributed by atoms with van der Waals surface area (Å²) in [6.07, 6.45) is 1.44. The highest BCUT2D eigenvalue weighted by atomic mass is 35.5. The fourth-order valence-electron chi connectivity index (χ4n) is 4.24. The minimum atomic E-state index is -0.379. The lowest BCUT2D eigenvalue weighted by Gasteiger charge is -2.13. The molecule has 9 nitrogen and oxygen atoms in total. The maximum atomic E-state index is 12.7. The van der Waals surface area contributed by atoms with Gasteiger partial charge in [-0.3, -0.25) is 9.59 Å². The number of carbonyl (C=O) groups is 2. The van der Waals surface area contributed by atoms with Gasteiger partial charge in [-0.25, -0.2) is 10.4 Å². The standard InChI is InChI=1S/C34H30ClN5O4S/c1-21-9-14-27(15-22(21)2)37-31(41)19-44-32-28(35)16-23(17-30(32)43-3)18-36-40-33(42)25-12-10-24(11-13-25)29-20-45-34(39-29)38-26-7-5-4-6-8-26/h4-18,20H,19H2,1-3H3,(H,37,41)(H,38,39)(H,40,42)/b36-18+. The second kappa shape index (κ2) is 14.5. The van der Waals surface area contributed by atoms with E-state index in [-0.39, 0.29) is 29.2 Å². The van der Waals surface area contributed by atoms with Gasteiger partial charge in [0.2, 0.25) is 0 Å². The van der Waals surface area contributed by atoms with Crippen molar-refractivity contribution in [2.45, 2.75) is 13.8 Å². The van der Waals surface area contributed by atoms with Crippen molar-refractivity contribution >= 4 is 57.5 Å². The van der Waals surface area contributed by atoms with Crippen LogP contribution in [0, 0.1) is 13.8 Å². The average Bonchev–Trinajstić information content (AvgIpc) is 3.51. The molecule has 0 aliphatic rings. The van der Waals surface area contributed by atoms with Crippen molar-refractivity contribution in [2.24, 2.45) is 5.10 Å². The summed E-state index contributed by atoms with van der Waals surface area (Å²) in [6, 6.07) is 25.8. The summed E-state index contributed by atoms with van der Waals surface area (Å²) in [4.78, 5) is 29.8. The molecule has 45 heavy (non-hydrogen) atoms. The van der Waals surface area contributed by atoms with Crippen LogP contribution in [0.3, 0.4) is 0 Å². The Morgan fingerprint density at radius 2 is 1.73 bits per heavy atom. The number of benzene rings is 4. The van der Waals surface area contributed by atoms with Crippen LogP contribution in [-0.4, -0.2) is 36.7 Å². The van der Waals surface area contributed by atoms with Gasteiger partial charge in [0.1, 0.15) is 0 Å². The minimum absolute atomic E-state index is 0.221. The van der Waals surface area contributed by atoms with Gasteiger partial charge in [0, 0.05) is 27.9 Å². The van der Waals surface area contributed by atoms with Crippen molar-refractivity contribution in [3.05, 3.63) is 118 Å². The Balaban J connectivity index is 1.15. The number of halogens is 1. The molecule has 5 rings (SSSR count). The number of hydrogen-bond acceptors (Lipinski definition) is 8. The smallest absolute Gasteiger partial charge is 0.271 e. The first-order valence-electron chi connectivity index (χ1n) is 13.9. The average molecular weight is 640 g/mol. The summed E-state index contributed by atoms with van der Waals surface area (Å²) in [5.41, 5.74) is 9.06. The number of amides is 2. The van der Waals surface area contributed by atoms with Gasteiger partial charge in [-0.15, -0.1) is 11.3 Å². The molecule has 0 spiro atoms. The number of methoxy groups -OCH3 is 1. The van der Waals surface area contributed by atoms with Crippen molar-refractivity contribution in [1.29, 1.82) is 0 Å². The molecule has 1 aromatic heterocycles. The van der Waals surface area contributed by atoms with E-state index >= 15 is 0 Å². The summed E-state index contributed by atoms with van der Waals surface area (Å²) >= 11 is 7.95. The summed E-state index contributed by atoms with van der Waals surface area (Å²) in [5, 5.41) is 13.1. The zero-order valence-electron chi connectivity index (χ0n) is 24.8. The van der Waals surface area contributed by atoms with Crippen molar-refractivity contribution in [2.75, 3.05) is 24.4 Å². The lowest BCUT2D eigenvalue weighted by atomic mass is 10.1. The van der Waals surface area contributed by atoms with E-state index in [1.807, 2.05) is 79.9 Å². The number of aromatic nitrogens is 1. The summed E-state index contributed by atoms with van der Waals surface area (Å²) in [6.45, 7) is 3.72. The third-order valence-corrected chi connectivity index (χ3v) is 7.78. The molecule has 2 amide bonds. The number of nitrogens with one attached hydrogen (secondary N) is 3. The predicted octanol–water partition coefficient (Wildman–Crippen LogP) is 7.61. The Hall–Kier alpha value is -5.19. The van der Waals surface area contributed by atoms with Gasteiger partial charge in [-0.2, -0.15) is 5.10 Å². The molecular weight excluding hydrogens is 610 g/mol. The maximum absolute atomic E-state index is 12.7. The van der Waals surface area contributed by atoms with E-state index in [4.69, 9.17) is 21.1 Å². The highest BCUT2D eigenvalue weighted by molar-refractivity contribution is 7.14. The molecule has 4 aromatic carbocycles. The number of hydrazone groups is 1. The number of rotatable bonds is 11. The molecular formula is C34H30ClN5O4S. The van der Waals surface area contributed by atoms with Crippen LogP contribution in [0.5, 0.6) is 11.5 Å². The zero-order valence-corrected chi connectivity index (χ0v) is 26.3. The normalized spacial score (nSPS) is 10.8. The largest absolute Gasteiger partial charge is 0.493 e. The number of nitrogens with zero attached hydrogens (tertiary/aromatic N) is 2. The Morgan fingerprint density at radius 3 is 2.47 bits per heavy atom. The van der Waals surface area contributed by atoms with Crippen molar-refractivity contribution < 1.29 is 19.1 Å². The number of ether oxygens (including phenoxy) is 2. The van der Waals surface area contributed by atoms with Gasteiger partial charge in [0.05, 0.1) is 24.0 Å². The first kappa shape index (κ1) is 31.2. The Labute approximate surface area is 269 Å². The molecule has 3 N–H and O–H groups in total. The van der Waals surface area contributed by atoms with Gasteiger partial charge in [-0.05, 0) is 79.1 Å². The second-order valence-corrected chi connectivity index (χ2v) is 11.2. The Morgan fingerprint density at radius 1 is 0.956 bits per heavy atom. The number of anilines is 3. The van der Waals surface area contributed by atoms with Crippen LogP contribution in [0.1, 0.15) is 27.0 Å². The first-order valence-corrected chi connectivity index (χ1v) is 15.1. The van der Waals surface area contributed by atoms with Crippen LogP contribution in [-0.2, 0) is 4.79 Å². The molecule has 1 heterocycles. The van der Waals surface area contributed by atoms with E-state index in [9.17, 15) is 9.59 Å². The number of para-hydroxylation sites is 1. The third-order valence-electron chi connectivity index (χ3n) is 6.74. The molecule has 0 aliphatic carbocycles. The van der Waals surface area contributed by atoms with Gasteiger partial charge in [0.25, 0.3) is 11.8 Å². The minimum Gasteiger partial charge on any atom is -0.493 e. The van der Waals surface area contributed by atoms with Crippen LogP contribution < -0.4 is 25.5 Å². The van der Waals surface area contributed by atoms with Gasteiger partial charge < -0.3 is 20.1 Å². The molecule has 0 unspecified atom stereocenters. The lowest BCUT2D eigenvalue weighted by molar-refractivity contribution is -0.118. The summed E-state index contributed by atoms with van der Waals surface area (Å²) in [5.74, 6) is -0.183. The van der Waals surface area contributed by atoms with Crippen molar-refractivity contribution in [3.63, 3.8) is 0 Å². The zero-order chi connectivity index (χ0) is 31.8. The molecule has 0 atom stereocenters. The molecule has 0 saturated carbocycles. The van der Waals surface area contributed by atoms with E-state index in [0.717, 1.165) is 33.2 Å². The summed E-state index contributed by atoms with van der Waals surface area (Å²) in [7, 11) is 1.46. The van der Waals surface area contributed by atoms with Crippen LogP contribution in [0.4, 0.5) is 16.5 Å². The molecule has 0 fully saturated rings. The molecule has 0 saturated heterocycles. The van der Waals surface area contributed by atoms with E-state index in [2.05, 4.69) is 26.1 Å². The summed E-state index contributed by atoms with van der Waals surface area (Å²) < 4.78 is 11.1. The van der Waals surface area contributed by atoms with Crippen LogP contribution in [0.25, 0.3) is 11.3 Å². The van der Waals surface area contributed by atoms with Crippen molar-refractivity contribution in [3.8, 4) is 22.8 Å². The Kier molecular flexibility index (Phi) is 10.1. The highest BCUT2D eigenvalue weighted by Gasteiger charge is 2.14. The molecule has 0 aliphatic heterocycles. The molecule has 5 aromatic rings. The number of carbonyl (C=O) groups excluding carboxylic acids is 2. The van der Waals surface area contributed by atoms with E-state index in [0.29, 0.717) is 22.6 Å².